The summed E-state index contributed by atoms with van der Waals surface area (Å²) in [5.74, 6) is 0.0458. The van der Waals surface area contributed by atoms with Crippen molar-refractivity contribution in [3.05, 3.63) is 34.9 Å². The Balaban J connectivity index is 2.30. The third kappa shape index (κ3) is 5.71. The molecule has 0 fully saturated rings. The van der Waals surface area contributed by atoms with Crippen molar-refractivity contribution < 1.29 is 9.53 Å². The first-order valence-electron chi connectivity index (χ1n) is 5.64. The van der Waals surface area contributed by atoms with Gasteiger partial charge in [-0.15, -0.1) is 0 Å². The Labute approximate surface area is 107 Å². The van der Waals surface area contributed by atoms with Crippen LogP contribution in [0.25, 0.3) is 0 Å². The lowest BCUT2D eigenvalue weighted by Crippen LogP contribution is -2.35. The molecule has 1 aromatic carbocycles. The monoisotopic (exact) mass is 255 g/mol. The molecule has 0 radical (unpaired) electrons. The van der Waals surface area contributed by atoms with E-state index in [2.05, 4.69) is 5.32 Å². The topological polar surface area (TPSA) is 38.3 Å². The van der Waals surface area contributed by atoms with Gasteiger partial charge in [-0.25, -0.2) is 0 Å². The summed E-state index contributed by atoms with van der Waals surface area (Å²) < 4.78 is 4.95. The molecular formula is C13H18ClNO2. The number of carbonyl (C=O) groups excluding carboxylic acids is 1. The van der Waals surface area contributed by atoms with Crippen molar-refractivity contribution in [1.29, 1.82) is 0 Å². The number of hydrogen-bond donors (Lipinski definition) is 1. The molecule has 3 nitrogen and oxygen atoms in total. The molecule has 0 heterocycles. The minimum atomic E-state index is 0.0458. The molecule has 0 unspecified atom stereocenters. The van der Waals surface area contributed by atoms with Crippen LogP contribution in [0, 0.1) is 0 Å². The molecule has 0 saturated heterocycles. The van der Waals surface area contributed by atoms with E-state index in [0.29, 0.717) is 18.1 Å². The van der Waals surface area contributed by atoms with Crippen molar-refractivity contribution in [2.75, 3.05) is 13.7 Å². The number of aryl methyl sites for hydroxylation is 1. The van der Waals surface area contributed by atoms with Gasteiger partial charge in [-0.1, -0.05) is 23.7 Å². The number of carbonyl (C=O) groups is 1. The average molecular weight is 256 g/mol. The van der Waals surface area contributed by atoms with E-state index in [1.165, 1.54) is 0 Å². The van der Waals surface area contributed by atoms with Gasteiger partial charge in [-0.3, -0.25) is 4.79 Å². The summed E-state index contributed by atoms with van der Waals surface area (Å²) in [6.45, 7) is 2.45. The lowest BCUT2D eigenvalue weighted by atomic mass is 10.1. The Morgan fingerprint density at radius 1 is 1.41 bits per heavy atom. The third-order valence-corrected chi connectivity index (χ3v) is 2.63. The molecule has 0 aromatic heterocycles. The van der Waals surface area contributed by atoms with Crippen LogP contribution in [0.1, 0.15) is 18.9 Å². The van der Waals surface area contributed by atoms with Crippen LogP contribution in [0.15, 0.2) is 24.3 Å². The van der Waals surface area contributed by atoms with Crippen LogP contribution in [0.5, 0.6) is 0 Å². The minimum Gasteiger partial charge on any atom is -0.383 e. The van der Waals surface area contributed by atoms with Gasteiger partial charge in [0.15, 0.2) is 0 Å². The van der Waals surface area contributed by atoms with E-state index in [9.17, 15) is 4.79 Å². The smallest absolute Gasteiger partial charge is 0.220 e. The number of hydrogen-bond acceptors (Lipinski definition) is 2. The first-order valence-corrected chi connectivity index (χ1v) is 6.02. The molecule has 1 amide bonds. The molecule has 1 atom stereocenters. The van der Waals surface area contributed by atoms with Crippen LogP contribution >= 0.6 is 11.6 Å². The maximum absolute atomic E-state index is 11.6. The molecule has 94 valence electrons. The maximum Gasteiger partial charge on any atom is 0.220 e. The molecule has 0 aliphatic heterocycles. The van der Waals surface area contributed by atoms with Crippen molar-refractivity contribution in [3.63, 3.8) is 0 Å². The molecule has 0 saturated carbocycles. The van der Waals surface area contributed by atoms with Gasteiger partial charge in [-0.05, 0) is 31.0 Å². The van der Waals surface area contributed by atoms with Crippen LogP contribution < -0.4 is 5.32 Å². The second-order valence-corrected chi connectivity index (χ2v) is 4.49. The molecule has 4 heteroatoms. The standard InChI is InChI=1S/C13H18ClNO2/c1-10(9-17-2)15-13(16)8-5-11-3-6-12(14)7-4-11/h3-4,6-7,10H,5,8-9H2,1-2H3,(H,15,16)/t10-/m1/s1. The predicted octanol–water partition coefficient (Wildman–Crippen LogP) is 2.42. The summed E-state index contributed by atoms with van der Waals surface area (Å²) in [5.41, 5.74) is 1.11. The molecule has 0 bridgehead atoms. The van der Waals surface area contributed by atoms with Crippen molar-refractivity contribution in [2.45, 2.75) is 25.8 Å². The Hall–Kier alpha value is -1.06. The second-order valence-electron chi connectivity index (χ2n) is 4.05. The van der Waals surface area contributed by atoms with Gasteiger partial charge in [0.2, 0.25) is 5.91 Å². The Bertz CT molecular complexity index is 351. The van der Waals surface area contributed by atoms with Crippen LogP contribution in [-0.4, -0.2) is 25.7 Å². The SMILES string of the molecule is COC[C@@H](C)NC(=O)CCc1ccc(Cl)cc1. The zero-order chi connectivity index (χ0) is 12.7. The molecule has 17 heavy (non-hydrogen) atoms. The zero-order valence-corrected chi connectivity index (χ0v) is 11.0. The summed E-state index contributed by atoms with van der Waals surface area (Å²) in [5, 5.41) is 3.59. The fraction of sp³-hybridized carbons (Fsp3) is 0.462. The van der Waals surface area contributed by atoms with E-state index in [1.807, 2.05) is 31.2 Å². The van der Waals surface area contributed by atoms with E-state index in [1.54, 1.807) is 7.11 Å². The highest BCUT2D eigenvalue weighted by atomic mass is 35.5. The van der Waals surface area contributed by atoms with Gasteiger partial charge >= 0.3 is 0 Å². The van der Waals surface area contributed by atoms with E-state index < -0.39 is 0 Å². The van der Waals surface area contributed by atoms with Crippen molar-refractivity contribution >= 4 is 17.5 Å². The quantitative estimate of drug-likeness (QED) is 0.848. The van der Waals surface area contributed by atoms with E-state index in [0.717, 1.165) is 12.0 Å². The number of methoxy groups -OCH3 is 1. The Morgan fingerprint density at radius 2 is 2.06 bits per heavy atom. The van der Waals surface area contributed by atoms with E-state index >= 15 is 0 Å². The Kier molecular flexibility index (Phi) is 6.01. The highest BCUT2D eigenvalue weighted by Crippen LogP contribution is 2.10. The van der Waals surface area contributed by atoms with Crippen LogP contribution in [-0.2, 0) is 16.0 Å². The number of rotatable bonds is 6. The first-order chi connectivity index (χ1) is 8.11. The molecule has 0 aliphatic carbocycles. The fourth-order valence-electron chi connectivity index (χ4n) is 1.55. The predicted molar refractivity (Wildman–Crippen MR) is 69.3 cm³/mol. The molecular weight excluding hydrogens is 238 g/mol. The van der Waals surface area contributed by atoms with Crippen molar-refractivity contribution in [3.8, 4) is 0 Å². The third-order valence-electron chi connectivity index (χ3n) is 2.38. The zero-order valence-electron chi connectivity index (χ0n) is 10.2. The lowest BCUT2D eigenvalue weighted by Gasteiger charge is -2.12. The van der Waals surface area contributed by atoms with Gasteiger partial charge in [0, 0.05) is 24.6 Å². The summed E-state index contributed by atoms with van der Waals surface area (Å²) in [7, 11) is 1.62. The van der Waals surface area contributed by atoms with E-state index in [4.69, 9.17) is 16.3 Å². The average Bonchev–Trinajstić information content (AvgIpc) is 2.28. The molecule has 0 aliphatic rings. The van der Waals surface area contributed by atoms with Crippen LogP contribution in [0.3, 0.4) is 0 Å². The largest absolute Gasteiger partial charge is 0.383 e. The van der Waals surface area contributed by atoms with Gasteiger partial charge in [-0.2, -0.15) is 0 Å². The number of nitrogens with one attached hydrogen (secondary N) is 1. The summed E-state index contributed by atoms with van der Waals surface area (Å²) >= 11 is 5.78. The maximum atomic E-state index is 11.6. The van der Waals surface area contributed by atoms with Gasteiger partial charge in [0.1, 0.15) is 0 Å². The van der Waals surface area contributed by atoms with Crippen LogP contribution in [0.4, 0.5) is 0 Å². The fourth-order valence-corrected chi connectivity index (χ4v) is 1.67. The highest BCUT2D eigenvalue weighted by Gasteiger charge is 2.06. The highest BCUT2D eigenvalue weighted by molar-refractivity contribution is 6.30. The molecule has 1 rings (SSSR count). The van der Waals surface area contributed by atoms with Crippen molar-refractivity contribution in [1.82, 2.24) is 5.32 Å². The second kappa shape index (κ2) is 7.30. The van der Waals surface area contributed by atoms with E-state index in [-0.39, 0.29) is 11.9 Å². The summed E-state index contributed by atoms with van der Waals surface area (Å²) in [6.07, 6.45) is 1.21. The van der Waals surface area contributed by atoms with Crippen LogP contribution in [0.2, 0.25) is 5.02 Å². The summed E-state index contributed by atoms with van der Waals surface area (Å²) in [6, 6.07) is 7.60. The minimum absolute atomic E-state index is 0.0458. The number of amides is 1. The van der Waals surface area contributed by atoms with Gasteiger partial charge in [0.05, 0.1) is 6.61 Å². The molecule has 0 spiro atoms. The van der Waals surface area contributed by atoms with Crippen molar-refractivity contribution in [2.24, 2.45) is 0 Å². The van der Waals surface area contributed by atoms with Gasteiger partial charge < -0.3 is 10.1 Å². The Morgan fingerprint density at radius 3 is 2.65 bits per heavy atom. The summed E-state index contributed by atoms with van der Waals surface area (Å²) in [4.78, 5) is 11.6. The number of benzene rings is 1. The lowest BCUT2D eigenvalue weighted by molar-refractivity contribution is -0.122. The normalized spacial score (nSPS) is 12.2. The first kappa shape index (κ1) is 14.0. The number of ether oxygens (including phenoxy) is 1. The van der Waals surface area contributed by atoms with Gasteiger partial charge in [0.25, 0.3) is 0 Å². The molecule has 1 N–H and O–H groups in total. The molecule has 1 aromatic rings. The number of halogens is 1.